The van der Waals surface area contributed by atoms with Crippen LogP contribution in [0.1, 0.15) is 16.1 Å². The third-order valence-corrected chi connectivity index (χ3v) is 2.89. The van der Waals surface area contributed by atoms with E-state index in [0.29, 0.717) is 11.4 Å². The zero-order valence-electron chi connectivity index (χ0n) is 11.3. The van der Waals surface area contributed by atoms with Crippen LogP contribution < -0.4 is 4.74 Å². The highest BCUT2D eigenvalue weighted by atomic mass is 35.5. The minimum Gasteiger partial charge on any atom is -0.496 e. The second kappa shape index (κ2) is 5.88. The van der Waals surface area contributed by atoms with Crippen molar-refractivity contribution in [3.8, 4) is 17.0 Å². The van der Waals surface area contributed by atoms with Crippen molar-refractivity contribution in [2.45, 2.75) is 6.92 Å². The maximum absolute atomic E-state index is 11.6. The number of nitrogens with zero attached hydrogens (tertiary/aromatic N) is 2. The predicted octanol–water partition coefficient (Wildman–Crippen LogP) is 2.90. The lowest BCUT2D eigenvalue weighted by Gasteiger charge is -2.10. The average Bonchev–Trinajstić information content (AvgIpc) is 2.45. The summed E-state index contributed by atoms with van der Waals surface area (Å²) in [6, 6.07) is 7.18. The molecule has 104 valence electrons. The Kier molecular flexibility index (Phi) is 4.20. The Balaban J connectivity index is 2.60. The topological polar surface area (TPSA) is 61.3 Å². The normalized spacial score (nSPS) is 10.2. The van der Waals surface area contributed by atoms with E-state index in [-0.39, 0.29) is 11.0 Å². The first kappa shape index (κ1) is 14.3. The van der Waals surface area contributed by atoms with Gasteiger partial charge in [0.05, 0.1) is 19.9 Å². The van der Waals surface area contributed by atoms with E-state index in [4.69, 9.17) is 16.3 Å². The van der Waals surface area contributed by atoms with Crippen molar-refractivity contribution in [1.29, 1.82) is 0 Å². The number of benzene rings is 1. The molecule has 0 atom stereocenters. The lowest BCUT2D eigenvalue weighted by molar-refractivity contribution is 0.0594. The first-order valence-electron chi connectivity index (χ1n) is 5.83. The summed E-state index contributed by atoms with van der Waals surface area (Å²) in [4.78, 5) is 19.6. The van der Waals surface area contributed by atoms with Crippen molar-refractivity contribution in [1.82, 2.24) is 9.97 Å². The molecule has 0 spiro atoms. The lowest BCUT2D eigenvalue weighted by atomic mass is 10.1. The molecule has 2 aromatic rings. The molecule has 2 rings (SSSR count). The molecule has 6 heteroatoms. The van der Waals surface area contributed by atoms with Crippen LogP contribution in [0.5, 0.6) is 5.75 Å². The molecule has 0 N–H and O–H groups in total. The number of aromatic nitrogens is 2. The van der Waals surface area contributed by atoms with E-state index in [1.165, 1.54) is 13.2 Å². The summed E-state index contributed by atoms with van der Waals surface area (Å²) >= 11 is 5.87. The molecule has 0 aliphatic carbocycles. The van der Waals surface area contributed by atoms with Crippen molar-refractivity contribution in [3.63, 3.8) is 0 Å². The molecule has 0 fully saturated rings. The quantitative estimate of drug-likeness (QED) is 0.643. The van der Waals surface area contributed by atoms with Gasteiger partial charge in [-0.3, -0.25) is 0 Å². The smallest absolute Gasteiger partial charge is 0.356 e. The molecule has 0 aliphatic rings. The molecule has 0 aliphatic heterocycles. The highest BCUT2D eigenvalue weighted by Gasteiger charge is 2.15. The van der Waals surface area contributed by atoms with Gasteiger partial charge in [0.1, 0.15) is 5.75 Å². The molecule has 20 heavy (non-hydrogen) atoms. The van der Waals surface area contributed by atoms with E-state index in [0.717, 1.165) is 11.1 Å². The van der Waals surface area contributed by atoms with Gasteiger partial charge in [-0.1, -0.05) is 11.6 Å². The monoisotopic (exact) mass is 292 g/mol. The number of rotatable bonds is 3. The van der Waals surface area contributed by atoms with Crippen molar-refractivity contribution in [2.24, 2.45) is 0 Å². The summed E-state index contributed by atoms with van der Waals surface area (Å²) in [6.45, 7) is 1.95. The van der Waals surface area contributed by atoms with Crippen LogP contribution in [0.2, 0.25) is 5.28 Å². The van der Waals surface area contributed by atoms with Gasteiger partial charge in [0.25, 0.3) is 0 Å². The largest absolute Gasteiger partial charge is 0.496 e. The summed E-state index contributed by atoms with van der Waals surface area (Å²) in [5.74, 6) is 0.0725. The third kappa shape index (κ3) is 2.88. The molecular weight excluding hydrogens is 280 g/mol. The number of carbonyl (C=O) groups is 1. The minimum absolute atomic E-state index is 0.0218. The number of hydrogen-bond donors (Lipinski definition) is 0. The van der Waals surface area contributed by atoms with E-state index in [2.05, 4.69) is 14.7 Å². The molecule has 0 radical (unpaired) electrons. The number of aryl methyl sites for hydroxylation is 1. The fraction of sp³-hybridized carbons (Fsp3) is 0.214. The van der Waals surface area contributed by atoms with Crippen molar-refractivity contribution in [3.05, 3.63) is 40.8 Å². The Morgan fingerprint density at radius 3 is 2.60 bits per heavy atom. The highest BCUT2D eigenvalue weighted by molar-refractivity contribution is 6.28. The van der Waals surface area contributed by atoms with Crippen molar-refractivity contribution >= 4 is 17.6 Å². The van der Waals surface area contributed by atoms with Gasteiger partial charge in [0, 0.05) is 5.56 Å². The molecule has 0 saturated carbocycles. The van der Waals surface area contributed by atoms with E-state index in [9.17, 15) is 4.79 Å². The molecule has 1 aromatic heterocycles. The Bertz CT molecular complexity index is 659. The maximum Gasteiger partial charge on any atom is 0.356 e. The Labute approximate surface area is 121 Å². The van der Waals surface area contributed by atoms with Gasteiger partial charge >= 0.3 is 5.97 Å². The lowest BCUT2D eigenvalue weighted by Crippen LogP contribution is -2.06. The molecule has 0 unspecified atom stereocenters. The van der Waals surface area contributed by atoms with Crippen LogP contribution in [0.15, 0.2) is 24.3 Å². The number of esters is 1. The van der Waals surface area contributed by atoms with E-state index >= 15 is 0 Å². The van der Waals surface area contributed by atoms with Crippen LogP contribution in [-0.4, -0.2) is 30.2 Å². The zero-order chi connectivity index (χ0) is 14.7. The summed E-state index contributed by atoms with van der Waals surface area (Å²) < 4.78 is 9.94. The number of halogens is 1. The molecule has 0 bridgehead atoms. The first-order chi connectivity index (χ1) is 9.55. The number of hydrogen-bond acceptors (Lipinski definition) is 5. The molecule has 0 amide bonds. The zero-order valence-corrected chi connectivity index (χ0v) is 12.1. The molecule has 1 heterocycles. The minimum atomic E-state index is -0.567. The van der Waals surface area contributed by atoms with Crippen molar-refractivity contribution in [2.75, 3.05) is 14.2 Å². The van der Waals surface area contributed by atoms with E-state index in [1.54, 1.807) is 7.11 Å². The van der Waals surface area contributed by atoms with Gasteiger partial charge in [-0.25, -0.2) is 14.8 Å². The maximum atomic E-state index is 11.6. The standard InChI is InChI=1S/C14H13ClN2O3/c1-8-4-5-12(19-2)9(6-8)10-7-11(13(18)20-3)17-14(15)16-10/h4-7H,1-3H3. The fourth-order valence-electron chi connectivity index (χ4n) is 1.79. The van der Waals surface area contributed by atoms with Crippen LogP contribution >= 0.6 is 11.6 Å². The number of ether oxygens (including phenoxy) is 2. The van der Waals surface area contributed by atoms with Crippen LogP contribution in [0.3, 0.4) is 0 Å². The summed E-state index contributed by atoms with van der Waals surface area (Å²) in [5.41, 5.74) is 2.38. The molecule has 0 saturated heterocycles. The third-order valence-electron chi connectivity index (χ3n) is 2.72. The van der Waals surface area contributed by atoms with Gasteiger partial charge < -0.3 is 9.47 Å². The van der Waals surface area contributed by atoms with Crippen LogP contribution in [0.4, 0.5) is 0 Å². The van der Waals surface area contributed by atoms with Gasteiger partial charge in [0.2, 0.25) is 5.28 Å². The fourth-order valence-corrected chi connectivity index (χ4v) is 1.97. The second-order valence-electron chi connectivity index (χ2n) is 4.10. The number of carbonyl (C=O) groups excluding carboxylic acids is 1. The van der Waals surface area contributed by atoms with Crippen LogP contribution in [0, 0.1) is 6.92 Å². The summed E-state index contributed by atoms with van der Waals surface area (Å²) in [6.07, 6.45) is 0. The average molecular weight is 293 g/mol. The molecule has 5 nitrogen and oxygen atoms in total. The summed E-state index contributed by atoms with van der Waals surface area (Å²) in [7, 11) is 2.85. The molecule has 1 aromatic carbocycles. The Morgan fingerprint density at radius 1 is 1.20 bits per heavy atom. The van der Waals surface area contributed by atoms with E-state index in [1.807, 2.05) is 25.1 Å². The first-order valence-corrected chi connectivity index (χ1v) is 6.21. The highest BCUT2D eigenvalue weighted by Crippen LogP contribution is 2.30. The van der Waals surface area contributed by atoms with Gasteiger partial charge in [-0.2, -0.15) is 0 Å². The Hall–Kier alpha value is -2.14. The number of methoxy groups -OCH3 is 2. The van der Waals surface area contributed by atoms with Crippen LogP contribution in [-0.2, 0) is 4.74 Å². The Morgan fingerprint density at radius 2 is 1.95 bits per heavy atom. The van der Waals surface area contributed by atoms with Gasteiger partial charge in [-0.05, 0) is 36.7 Å². The van der Waals surface area contributed by atoms with Gasteiger partial charge in [0.15, 0.2) is 5.69 Å². The summed E-state index contributed by atoms with van der Waals surface area (Å²) in [5, 5.41) is -0.0218. The predicted molar refractivity (Wildman–Crippen MR) is 75.1 cm³/mol. The SMILES string of the molecule is COC(=O)c1cc(-c2cc(C)ccc2OC)nc(Cl)n1. The van der Waals surface area contributed by atoms with Crippen LogP contribution in [0.25, 0.3) is 11.3 Å². The van der Waals surface area contributed by atoms with Gasteiger partial charge in [-0.15, -0.1) is 0 Å². The van der Waals surface area contributed by atoms with Crippen molar-refractivity contribution < 1.29 is 14.3 Å². The molecular formula is C14H13ClN2O3. The van der Waals surface area contributed by atoms with E-state index < -0.39 is 5.97 Å². The second-order valence-corrected chi connectivity index (χ2v) is 4.44.